The van der Waals surface area contributed by atoms with E-state index in [9.17, 15) is 0 Å². The molecule has 0 amide bonds. The molecule has 0 saturated carbocycles. The van der Waals surface area contributed by atoms with Crippen LogP contribution in [0, 0.1) is 0 Å². The Balaban J connectivity index is 1.14. The van der Waals surface area contributed by atoms with Gasteiger partial charge in [-0.2, -0.15) is 0 Å². The lowest BCUT2D eigenvalue weighted by Gasteiger charge is -2.10. The molecule has 53 heavy (non-hydrogen) atoms. The van der Waals surface area contributed by atoms with E-state index in [0.717, 1.165) is 66.3 Å². The first kappa shape index (κ1) is 30.6. The van der Waals surface area contributed by atoms with Gasteiger partial charge in [0.05, 0.1) is 0 Å². The van der Waals surface area contributed by atoms with Crippen molar-refractivity contribution in [2.45, 2.75) is 0 Å². The fourth-order valence-corrected chi connectivity index (χ4v) is 7.23. The van der Waals surface area contributed by atoms with E-state index in [1.54, 1.807) is 0 Å². The second-order valence-corrected chi connectivity index (χ2v) is 13.3. The van der Waals surface area contributed by atoms with E-state index < -0.39 is 0 Å². The van der Waals surface area contributed by atoms with Crippen LogP contribution in [0.25, 0.3) is 100 Å². The van der Waals surface area contributed by atoms with Crippen molar-refractivity contribution in [3.8, 4) is 67.5 Å². The predicted molar refractivity (Wildman–Crippen MR) is 217 cm³/mol. The molecule has 0 unspecified atom stereocenters. The highest BCUT2D eigenvalue weighted by Gasteiger charge is 2.19. The Morgan fingerprint density at radius 1 is 0.302 bits per heavy atom. The van der Waals surface area contributed by atoms with Crippen molar-refractivity contribution in [1.29, 1.82) is 0 Å². The van der Waals surface area contributed by atoms with E-state index >= 15 is 0 Å². The second kappa shape index (κ2) is 12.9. The first-order valence-corrected chi connectivity index (χ1v) is 17.8. The smallest absolute Gasteiger partial charge is 0.164 e. The summed E-state index contributed by atoms with van der Waals surface area (Å²) in [7, 11) is 0. The molecule has 0 aliphatic rings. The van der Waals surface area contributed by atoms with E-state index in [4.69, 9.17) is 19.4 Å². The third kappa shape index (κ3) is 5.73. The molecule has 0 saturated heterocycles. The van der Waals surface area contributed by atoms with Gasteiger partial charge in [0.1, 0.15) is 11.2 Å². The summed E-state index contributed by atoms with van der Waals surface area (Å²) in [6, 6.07) is 65.3. The molecule has 0 radical (unpaired) electrons. The zero-order valence-corrected chi connectivity index (χ0v) is 28.6. The van der Waals surface area contributed by atoms with Crippen molar-refractivity contribution >= 4 is 32.7 Å². The average Bonchev–Trinajstić information content (AvgIpc) is 3.62. The highest BCUT2D eigenvalue weighted by atomic mass is 16.3. The van der Waals surface area contributed by atoms with Crippen molar-refractivity contribution in [2.24, 2.45) is 0 Å². The van der Waals surface area contributed by atoms with Gasteiger partial charge < -0.3 is 4.42 Å². The number of benzene rings is 8. The van der Waals surface area contributed by atoms with Crippen LogP contribution in [-0.4, -0.2) is 15.0 Å². The van der Waals surface area contributed by atoms with Gasteiger partial charge in [0, 0.05) is 27.5 Å². The lowest BCUT2D eigenvalue weighted by Crippen LogP contribution is -2.00. The van der Waals surface area contributed by atoms with Crippen LogP contribution in [-0.2, 0) is 0 Å². The number of fused-ring (bicyclic) bond motifs is 4. The van der Waals surface area contributed by atoms with Gasteiger partial charge in [0.2, 0.25) is 0 Å². The maximum Gasteiger partial charge on any atom is 0.164 e. The molecule has 0 atom stereocenters. The molecule has 0 aliphatic carbocycles. The highest BCUT2D eigenvalue weighted by molar-refractivity contribution is 6.12. The number of rotatable bonds is 6. The van der Waals surface area contributed by atoms with Crippen LogP contribution in [0.15, 0.2) is 192 Å². The van der Waals surface area contributed by atoms with Crippen LogP contribution in [0.4, 0.5) is 0 Å². The molecule has 0 N–H and O–H groups in total. The molecule has 2 heterocycles. The van der Waals surface area contributed by atoms with Gasteiger partial charge in [0.25, 0.3) is 0 Å². The van der Waals surface area contributed by atoms with Crippen LogP contribution < -0.4 is 0 Å². The van der Waals surface area contributed by atoms with Crippen LogP contribution in [0.1, 0.15) is 0 Å². The highest BCUT2D eigenvalue weighted by Crippen LogP contribution is 2.39. The maximum absolute atomic E-state index is 6.46. The SMILES string of the molecule is c1ccc(-c2ccc(-c3nc(-c4ccc5ccccc5c4)nc(-c4cccc5oc6ccc(-c7cccc(-c8ccccc8)c7)cc6c45)n3)cc2)cc1. The van der Waals surface area contributed by atoms with Gasteiger partial charge in [-0.25, -0.2) is 15.0 Å². The molecule has 0 fully saturated rings. The summed E-state index contributed by atoms with van der Waals surface area (Å²) in [5.41, 5.74) is 11.3. The summed E-state index contributed by atoms with van der Waals surface area (Å²) in [6.07, 6.45) is 0. The van der Waals surface area contributed by atoms with E-state index in [0.29, 0.717) is 17.5 Å². The molecule has 0 spiro atoms. The summed E-state index contributed by atoms with van der Waals surface area (Å²) in [5, 5.41) is 4.29. The maximum atomic E-state index is 6.46. The number of hydrogen-bond donors (Lipinski definition) is 0. The predicted octanol–water partition coefficient (Wildman–Crippen LogP) is 12.9. The lowest BCUT2D eigenvalue weighted by atomic mass is 9.97. The van der Waals surface area contributed by atoms with Gasteiger partial charge >= 0.3 is 0 Å². The van der Waals surface area contributed by atoms with Gasteiger partial charge in [-0.15, -0.1) is 0 Å². The van der Waals surface area contributed by atoms with E-state index in [1.165, 1.54) is 16.5 Å². The standard InChI is InChI=1S/C49H31N3O/c1-3-11-32(12-4-1)35-21-24-36(25-22-35)47-50-48(41-26-23-34-15-7-8-16-37(34)30-41)52-49(51-47)42-19-10-20-45-46(42)43-31-40(27-28-44(43)53-45)39-18-9-17-38(29-39)33-13-5-2-6-14-33/h1-31H. The minimum atomic E-state index is 0.593. The fraction of sp³-hybridized carbons (Fsp3) is 0. The largest absolute Gasteiger partial charge is 0.456 e. The summed E-state index contributed by atoms with van der Waals surface area (Å²) in [4.78, 5) is 15.4. The molecule has 4 nitrogen and oxygen atoms in total. The minimum Gasteiger partial charge on any atom is -0.456 e. The Morgan fingerprint density at radius 2 is 0.830 bits per heavy atom. The first-order valence-electron chi connectivity index (χ1n) is 17.8. The second-order valence-electron chi connectivity index (χ2n) is 13.3. The monoisotopic (exact) mass is 677 g/mol. The zero-order valence-electron chi connectivity index (χ0n) is 28.6. The third-order valence-corrected chi connectivity index (χ3v) is 9.93. The first-order chi connectivity index (χ1) is 26.2. The van der Waals surface area contributed by atoms with Gasteiger partial charge in [-0.05, 0) is 74.5 Å². The van der Waals surface area contributed by atoms with Crippen molar-refractivity contribution < 1.29 is 4.42 Å². The summed E-state index contributed by atoms with van der Waals surface area (Å²) >= 11 is 0. The van der Waals surface area contributed by atoms with E-state index in [1.807, 2.05) is 24.3 Å². The Labute approximate surface area is 306 Å². The molecule has 8 aromatic carbocycles. The number of nitrogens with zero attached hydrogens (tertiary/aromatic N) is 3. The number of furan rings is 1. The summed E-state index contributed by atoms with van der Waals surface area (Å²) in [5.74, 6) is 1.82. The molecule has 0 aliphatic heterocycles. The molecule has 2 aromatic heterocycles. The third-order valence-electron chi connectivity index (χ3n) is 9.93. The van der Waals surface area contributed by atoms with Crippen LogP contribution in [0.5, 0.6) is 0 Å². The molecule has 10 aromatic rings. The van der Waals surface area contributed by atoms with Crippen molar-refractivity contribution in [2.75, 3.05) is 0 Å². The van der Waals surface area contributed by atoms with E-state index in [2.05, 4.69) is 164 Å². The topological polar surface area (TPSA) is 51.8 Å². The Bertz CT molecular complexity index is 2930. The minimum absolute atomic E-state index is 0.593. The summed E-state index contributed by atoms with van der Waals surface area (Å²) in [6.45, 7) is 0. The molecule has 4 heteroatoms. The molecule has 0 bridgehead atoms. The van der Waals surface area contributed by atoms with Crippen molar-refractivity contribution in [3.05, 3.63) is 188 Å². The van der Waals surface area contributed by atoms with E-state index in [-0.39, 0.29) is 0 Å². The van der Waals surface area contributed by atoms with Crippen molar-refractivity contribution in [3.63, 3.8) is 0 Å². The number of hydrogen-bond acceptors (Lipinski definition) is 4. The normalized spacial score (nSPS) is 11.4. The van der Waals surface area contributed by atoms with Gasteiger partial charge in [0.15, 0.2) is 17.5 Å². The molecule has 248 valence electrons. The zero-order chi connectivity index (χ0) is 35.1. The Hall–Kier alpha value is -7.17. The fourth-order valence-electron chi connectivity index (χ4n) is 7.23. The number of aromatic nitrogens is 3. The Morgan fingerprint density at radius 3 is 1.60 bits per heavy atom. The van der Waals surface area contributed by atoms with Gasteiger partial charge in [-0.1, -0.05) is 158 Å². The van der Waals surface area contributed by atoms with Crippen LogP contribution in [0.3, 0.4) is 0 Å². The van der Waals surface area contributed by atoms with Crippen molar-refractivity contribution in [1.82, 2.24) is 15.0 Å². The van der Waals surface area contributed by atoms with Crippen LogP contribution in [0.2, 0.25) is 0 Å². The lowest BCUT2D eigenvalue weighted by molar-refractivity contribution is 0.669. The Kier molecular flexibility index (Phi) is 7.43. The van der Waals surface area contributed by atoms with Crippen LogP contribution >= 0.6 is 0 Å². The molecule has 10 rings (SSSR count). The summed E-state index contributed by atoms with van der Waals surface area (Å²) < 4.78 is 6.46. The quantitative estimate of drug-likeness (QED) is 0.176. The molecular weight excluding hydrogens is 647 g/mol. The van der Waals surface area contributed by atoms with Gasteiger partial charge in [-0.3, -0.25) is 0 Å². The average molecular weight is 678 g/mol. The molecular formula is C49H31N3O.